The molecule has 1 rings (SSSR count). The van der Waals surface area contributed by atoms with Gasteiger partial charge in [-0.15, -0.1) is 0 Å². The maximum Gasteiger partial charge on any atom is 0.260 e. The molecule has 20 heavy (non-hydrogen) atoms. The van der Waals surface area contributed by atoms with E-state index in [1.54, 1.807) is 13.0 Å². The summed E-state index contributed by atoms with van der Waals surface area (Å²) >= 11 is 0. The topological polar surface area (TPSA) is 64.3 Å². The van der Waals surface area contributed by atoms with Gasteiger partial charge in [0.1, 0.15) is 0 Å². The number of ether oxygens (including phenoxy) is 1. The Morgan fingerprint density at radius 1 is 1.45 bits per heavy atom. The third-order valence-electron chi connectivity index (χ3n) is 3.10. The van der Waals surface area contributed by atoms with E-state index in [1.807, 2.05) is 13.8 Å². The van der Waals surface area contributed by atoms with Gasteiger partial charge in [-0.05, 0) is 50.9 Å². The van der Waals surface area contributed by atoms with Crippen molar-refractivity contribution >= 4 is 5.91 Å². The third-order valence-corrected chi connectivity index (χ3v) is 3.10. The molecule has 0 aliphatic carbocycles. The predicted molar refractivity (Wildman–Crippen MR) is 77.1 cm³/mol. The van der Waals surface area contributed by atoms with Crippen LogP contribution >= 0.6 is 0 Å². The lowest BCUT2D eigenvalue weighted by Crippen LogP contribution is -2.41. The van der Waals surface area contributed by atoms with Gasteiger partial charge < -0.3 is 15.8 Å². The molecule has 3 N–H and O–H groups in total. The molecule has 5 heteroatoms. The second-order valence-electron chi connectivity index (χ2n) is 4.88. The summed E-state index contributed by atoms with van der Waals surface area (Å²) < 4.78 is 19.2. The van der Waals surface area contributed by atoms with E-state index in [0.717, 1.165) is 12.0 Å². The molecule has 1 aromatic rings. The van der Waals surface area contributed by atoms with E-state index in [9.17, 15) is 9.18 Å². The molecule has 0 saturated carbocycles. The molecule has 0 heterocycles. The largest absolute Gasteiger partial charge is 0.478 e. The number of nitrogens with two attached hydrogens (primary N) is 1. The fourth-order valence-electron chi connectivity index (χ4n) is 1.67. The number of carbonyl (C=O) groups excluding carboxylic acids is 1. The molecule has 2 unspecified atom stereocenters. The number of nitrogens with one attached hydrogen (secondary N) is 1. The predicted octanol–water partition coefficient (Wildman–Crippen LogP) is 2.01. The second kappa shape index (κ2) is 7.85. The summed E-state index contributed by atoms with van der Waals surface area (Å²) in [5.41, 5.74) is 6.24. The van der Waals surface area contributed by atoms with Crippen LogP contribution in [-0.2, 0) is 11.2 Å². The number of amides is 1. The van der Waals surface area contributed by atoms with Gasteiger partial charge in [0.05, 0.1) is 0 Å². The molecule has 0 fully saturated rings. The van der Waals surface area contributed by atoms with Crippen LogP contribution in [0.25, 0.3) is 0 Å². The molecular formula is C15H23FN2O2. The van der Waals surface area contributed by atoms with Crippen molar-refractivity contribution in [3.63, 3.8) is 0 Å². The zero-order valence-electron chi connectivity index (χ0n) is 12.3. The van der Waals surface area contributed by atoms with Crippen molar-refractivity contribution in [3.8, 4) is 5.75 Å². The van der Waals surface area contributed by atoms with Gasteiger partial charge in [0, 0.05) is 6.04 Å². The molecule has 112 valence electrons. The van der Waals surface area contributed by atoms with Gasteiger partial charge >= 0.3 is 0 Å². The molecule has 0 aromatic heterocycles. The Bertz CT molecular complexity index is 451. The zero-order chi connectivity index (χ0) is 15.1. The highest BCUT2D eigenvalue weighted by atomic mass is 19.1. The Morgan fingerprint density at radius 3 is 2.70 bits per heavy atom. The van der Waals surface area contributed by atoms with Gasteiger partial charge in [-0.2, -0.15) is 0 Å². The maximum absolute atomic E-state index is 13.8. The highest BCUT2D eigenvalue weighted by Crippen LogP contribution is 2.20. The standard InChI is InChI=1S/C15H23FN2O2/c1-4-10(2)18-15(19)11(3)20-14-6-5-12(7-8-17)9-13(14)16/h5-6,9-11H,4,7-8,17H2,1-3H3,(H,18,19). The fraction of sp³-hybridized carbons (Fsp3) is 0.533. The summed E-state index contributed by atoms with van der Waals surface area (Å²) in [7, 11) is 0. The Hall–Kier alpha value is -1.62. The minimum absolute atomic E-state index is 0.0744. The average molecular weight is 282 g/mol. The molecule has 1 aromatic carbocycles. The van der Waals surface area contributed by atoms with Crippen molar-refractivity contribution in [3.05, 3.63) is 29.6 Å². The molecule has 0 bridgehead atoms. The number of carbonyl (C=O) groups is 1. The van der Waals surface area contributed by atoms with Crippen LogP contribution in [0.1, 0.15) is 32.8 Å². The Morgan fingerprint density at radius 2 is 2.15 bits per heavy atom. The van der Waals surface area contributed by atoms with Crippen molar-refractivity contribution in [2.45, 2.75) is 45.8 Å². The molecule has 1 amide bonds. The van der Waals surface area contributed by atoms with E-state index < -0.39 is 11.9 Å². The van der Waals surface area contributed by atoms with Gasteiger partial charge in [-0.3, -0.25) is 4.79 Å². The van der Waals surface area contributed by atoms with Crippen LogP contribution in [0.5, 0.6) is 5.75 Å². The zero-order valence-corrected chi connectivity index (χ0v) is 12.3. The van der Waals surface area contributed by atoms with Crippen LogP contribution in [0.2, 0.25) is 0 Å². The number of benzene rings is 1. The lowest BCUT2D eigenvalue weighted by atomic mass is 10.1. The smallest absolute Gasteiger partial charge is 0.260 e. The van der Waals surface area contributed by atoms with Crippen LogP contribution in [0.3, 0.4) is 0 Å². The molecule has 0 radical (unpaired) electrons. The van der Waals surface area contributed by atoms with Crippen molar-refractivity contribution in [1.82, 2.24) is 5.32 Å². The molecule has 2 atom stereocenters. The van der Waals surface area contributed by atoms with Gasteiger partial charge in [0.25, 0.3) is 5.91 Å². The van der Waals surface area contributed by atoms with E-state index in [-0.39, 0.29) is 17.7 Å². The number of hydrogen-bond donors (Lipinski definition) is 2. The minimum atomic E-state index is -0.737. The summed E-state index contributed by atoms with van der Waals surface area (Å²) in [6.07, 6.45) is 0.709. The van der Waals surface area contributed by atoms with Gasteiger partial charge in [-0.25, -0.2) is 4.39 Å². The highest BCUT2D eigenvalue weighted by molar-refractivity contribution is 5.80. The maximum atomic E-state index is 13.8. The summed E-state index contributed by atoms with van der Waals surface area (Å²) in [5.74, 6) is -0.638. The highest BCUT2D eigenvalue weighted by Gasteiger charge is 2.17. The summed E-state index contributed by atoms with van der Waals surface area (Å²) in [6.45, 7) is 5.96. The first kappa shape index (κ1) is 16.4. The fourth-order valence-corrected chi connectivity index (χ4v) is 1.67. The Labute approximate surface area is 119 Å². The summed E-state index contributed by atoms with van der Waals surface area (Å²) in [4.78, 5) is 11.8. The number of halogens is 1. The van der Waals surface area contributed by atoms with E-state index in [1.165, 1.54) is 12.1 Å². The Balaban J connectivity index is 2.65. The summed E-state index contributed by atoms with van der Waals surface area (Å²) in [5, 5.41) is 2.80. The van der Waals surface area contributed by atoms with E-state index in [2.05, 4.69) is 5.32 Å². The first-order valence-corrected chi connectivity index (χ1v) is 6.93. The van der Waals surface area contributed by atoms with E-state index >= 15 is 0 Å². The molecule has 0 saturated heterocycles. The molecule has 0 spiro atoms. The van der Waals surface area contributed by atoms with E-state index in [4.69, 9.17) is 10.5 Å². The third kappa shape index (κ3) is 4.81. The van der Waals surface area contributed by atoms with Gasteiger partial charge in [0.15, 0.2) is 17.7 Å². The van der Waals surface area contributed by atoms with Gasteiger partial charge in [-0.1, -0.05) is 13.0 Å². The van der Waals surface area contributed by atoms with Crippen LogP contribution in [0.15, 0.2) is 18.2 Å². The van der Waals surface area contributed by atoms with E-state index in [0.29, 0.717) is 13.0 Å². The second-order valence-corrected chi connectivity index (χ2v) is 4.88. The normalized spacial score (nSPS) is 13.7. The lowest BCUT2D eigenvalue weighted by molar-refractivity contribution is -0.127. The van der Waals surface area contributed by atoms with Crippen LogP contribution in [0, 0.1) is 5.82 Å². The molecule has 0 aliphatic rings. The minimum Gasteiger partial charge on any atom is -0.478 e. The molecule has 0 aliphatic heterocycles. The Kier molecular flexibility index (Phi) is 6.45. The lowest BCUT2D eigenvalue weighted by Gasteiger charge is -2.18. The van der Waals surface area contributed by atoms with Crippen molar-refractivity contribution < 1.29 is 13.9 Å². The van der Waals surface area contributed by atoms with Crippen LogP contribution < -0.4 is 15.8 Å². The van der Waals surface area contributed by atoms with Crippen molar-refractivity contribution in [2.75, 3.05) is 6.54 Å². The first-order chi connectivity index (χ1) is 9.47. The number of hydrogen-bond acceptors (Lipinski definition) is 3. The SMILES string of the molecule is CCC(C)NC(=O)C(C)Oc1ccc(CCN)cc1F. The quantitative estimate of drug-likeness (QED) is 0.804. The average Bonchev–Trinajstić information content (AvgIpc) is 2.41. The summed E-state index contributed by atoms with van der Waals surface area (Å²) in [6, 6.07) is 4.75. The van der Waals surface area contributed by atoms with Gasteiger partial charge in [0.2, 0.25) is 0 Å². The van der Waals surface area contributed by atoms with Crippen molar-refractivity contribution in [2.24, 2.45) is 5.73 Å². The first-order valence-electron chi connectivity index (χ1n) is 6.93. The van der Waals surface area contributed by atoms with Crippen LogP contribution in [-0.4, -0.2) is 24.6 Å². The van der Waals surface area contributed by atoms with Crippen molar-refractivity contribution in [1.29, 1.82) is 0 Å². The van der Waals surface area contributed by atoms with Crippen LogP contribution in [0.4, 0.5) is 4.39 Å². The monoisotopic (exact) mass is 282 g/mol. The molecular weight excluding hydrogens is 259 g/mol. The number of rotatable bonds is 7. The molecule has 4 nitrogen and oxygen atoms in total.